The number of benzene rings is 3. The van der Waals surface area contributed by atoms with E-state index in [9.17, 15) is 9.59 Å². The Morgan fingerprint density at radius 2 is 1.50 bits per heavy atom. The molecule has 0 saturated carbocycles. The zero-order chi connectivity index (χ0) is 27.6. The summed E-state index contributed by atoms with van der Waals surface area (Å²) in [5, 5.41) is 0. The molecule has 3 aromatic rings. The van der Waals surface area contributed by atoms with E-state index < -0.39 is 11.8 Å². The Bertz CT molecular complexity index is 1530. The third kappa shape index (κ3) is 4.12. The summed E-state index contributed by atoms with van der Waals surface area (Å²) in [4.78, 5) is 31.3. The van der Waals surface area contributed by atoms with Gasteiger partial charge in [-0.25, -0.2) is 14.2 Å². The summed E-state index contributed by atoms with van der Waals surface area (Å²) in [7, 11) is 3.25. The lowest BCUT2D eigenvalue weighted by Gasteiger charge is -2.43. The van der Waals surface area contributed by atoms with Crippen molar-refractivity contribution in [3.05, 3.63) is 87.7 Å². The van der Waals surface area contributed by atoms with Gasteiger partial charge in [-0.1, -0.05) is 27.7 Å². The molecule has 0 amide bonds. The second-order valence-electron chi connectivity index (χ2n) is 11.6. The van der Waals surface area contributed by atoms with Crippen LogP contribution in [0.15, 0.2) is 53.5 Å². The van der Waals surface area contributed by atoms with Crippen LogP contribution < -0.4 is 4.90 Å². The highest BCUT2D eigenvalue weighted by atomic mass is 19.1. The lowest BCUT2D eigenvalue weighted by atomic mass is 9.62. The van der Waals surface area contributed by atoms with Crippen LogP contribution >= 0.6 is 0 Å². The minimum atomic E-state index is -0.604. The first kappa shape index (κ1) is 25.8. The van der Waals surface area contributed by atoms with Gasteiger partial charge in [-0.05, 0) is 90.3 Å². The summed E-state index contributed by atoms with van der Waals surface area (Å²) in [6, 6.07) is 14.2. The Morgan fingerprint density at radius 3 is 2.11 bits per heavy atom. The van der Waals surface area contributed by atoms with E-state index in [0.717, 1.165) is 29.8 Å². The fourth-order valence-corrected chi connectivity index (χ4v) is 5.65. The van der Waals surface area contributed by atoms with Gasteiger partial charge < -0.3 is 9.64 Å². The molecule has 1 aliphatic heterocycles. The monoisotopic (exact) mass is 512 g/mol. The number of rotatable bonds is 3. The average molecular weight is 513 g/mol. The number of esters is 1. The van der Waals surface area contributed by atoms with Crippen LogP contribution in [0.25, 0.3) is 0 Å². The van der Waals surface area contributed by atoms with Crippen molar-refractivity contribution in [2.24, 2.45) is 4.99 Å². The molecule has 0 N–H and O–H groups in total. The number of halogens is 1. The number of carbonyl (C=O) groups is 2. The summed E-state index contributed by atoms with van der Waals surface area (Å²) in [6.45, 7) is 10.6. The topological polar surface area (TPSA) is 59.0 Å². The van der Waals surface area contributed by atoms with Crippen LogP contribution in [-0.4, -0.2) is 31.6 Å². The lowest BCUT2D eigenvalue weighted by molar-refractivity contribution is 0.0600. The summed E-state index contributed by atoms with van der Waals surface area (Å²) in [5.74, 6) is -1.24. The maximum atomic E-state index is 15.7. The van der Waals surface area contributed by atoms with Crippen LogP contribution in [0.5, 0.6) is 0 Å². The maximum absolute atomic E-state index is 15.7. The Balaban J connectivity index is 1.84. The van der Waals surface area contributed by atoms with E-state index in [-0.39, 0.29) is 27.7 Å². The van der Waals surface area contributed by atoms with Crippen molar-refractivity contribution in [2.45, 2.75) is 58.3 Å². The molecule has 5 nitrogen and oxygen atoms in total. The molecule has 3 aromatic carbocycles. The molecule has 0 atom stereocenters. The fraction of sp³-hybridized carbons (Fsp3) is 0.344. The fourth-order valence-electron chi connectivity index (χ4n) is 5.65. The molecule has 2 aliphatic rings. The van der Waals surface area contributed by atoms with E-state index in [1.54, 1.807) is 24.3 Å². The zero-order valence-electron chi connectivity index (χ0n) is 23.0. The number of ketones is 1. The van der Waals surface area contributed by atoms with Gasteiger partial charge in [0.15, 0.2) is 5.78 Å². The first-order chi connectivity index (χ1) is 17.8. The predicted octanol–water partition coefficient (Wildman–Crippen LogP) is 7.41. The number of nitrogens with zero attached hydrogens (tertiary/aromatic N) is 2. The Labute approximate surface area is 223 Å². The second kappa shape index (κ2) is 8.90. The van der Waals surface area contributed by atoms with Crippen LogP contribution in [0, 0.1) is 5.82 Å². The molecule has 6 heteroatoms. The molecule has 0 saturated heterocycles. The first-order valence-electron chi connectivity index (χ1n) is 12.9. The Morgan fingerprint density at radius 1 is 0.868 bits per heavy atom. The number of anilines is 2. The predicted molar refractivity (Wildman–Crippen MR) is 149 cm³/mol. The van der Waals surface area contributed by atoms with Crippen molar-refractivity contribution >= 4 is 34.5 Å². The smallest absolute Gasteiger partial charge is 0.337 e. The van der Waals surface area contributed by atoms with Gasteiger partial charge in [-0.15, -0.1) is 0 Å². The van der Waals surface area contributed by atoms with E-state index in [1.807, 2.05) is 13.1 Å². The van der Waals surface area contributed by atoms with Crippen LogP contribution in [0.2, 0.25) is 0 Å². The van der Waals surface area contributed by atoms with Gasteiger partial charge in [-0.3, -0.25) is 4.79 Å². The number of fused-ring (bicyclic) bond motifs is 3. The van der Waals surface area contributed by atoms with E-state index in [0.29, 0.717) is 17.0 Å². The van der Waals surface area contributed by atoms with Gasteiger partial charge >= 0.3 is 5.97 Å². The van der Waals surface area contributed by atoms with Crippen molar-refractivity contribution in [1.29, 1.82) is 0 Å². The molecule has 0 bridgehead atoms. The largest absolute Gasteiger partial charge is 0.465 e. The molecule has 1 aliphatic carbocycles. The normalized spacial score (nSPS) is 16.9. The summed E-state index contributed by atoms with van der Waals surface area (Å²) in [6.07, 6.45) is 2.11. The standard InChI is InChI=1S/C32H33FN2O3/c1-18(36)19-9-11-27-26(15-19)34-29(21-10-8-20(14-25(21)33)30(37)38-7)22-16-23-24(17-28(22)35(27)6)32(4,5)13-12-31(23,2)3/h8-11,14-17H,12-13H2,1-7H3. The number of hydrogen-bond donors (Lipinski definition) is 0. The number of aliphatic imine (C=N–C) groups is 1. The maximum Gasteiger partial charge on any atom is 0.337 e. The molecule has 1 heterocycles. The summed E-state index contributed by atoms with van der Waals surface area (Å²) >= 11 is 0. The molecule has 38 heavy (non-hydrogen) atoms. The van der Waals surface area contributed by atoms with Crippen LogP contribution in [0.4, 0.5) is 21.5 Å². The number of Topliss-reactive ketones (excluding diaryl/α,β-unsaturated/α-hetero) is 1. The minimum absolute atomic E-state index is 0.0148. The first-order valence-corrected chi connectivity index (χ1v) is 12.9. The molecule has 196 valence electrons. The molecular weight excluding hydrogens is 479 g/mol. The highest BCUT2D eigenvalue weighted by Gasteiger charge is 2.39. The highest BCUT2D eigenvalue weighted by Crippen LogP contribution is 2.50. The van der Waals surface area contributed by atoms with Crippen molar-refractivity contribution < 1.29 is 18.7 Å². The molecule has 0 spiro atoms. The SMILES string of the molecule is COC(=O)c1ccc(C2=Nc3cc(C(C)=O)ccc3N(C)c3cc4c(cc32)C(C)(C)CCC4(C)C)c(F)c1. The van der Waals surface area contributed by atoms with Gasteiger partial charge in [0.1, 0.15) is 5.82 Å². The molecule has 0 fully saturated rings. The van der Waals surface area contributed by atoms with Crippen LogP contribution in [-0.2, 0) is 15.6 Å². The second-order valence-corrected chi connectivity index (χ2v) is 11.6. The Hall–Kier alpha value is -3.80. The van der Waals surface area contributed by atoms with Gasteiger partial charge in [0.2, 0.25) is 0 Å². The van der Waals surface area contributed by atoms with Gasteiger partial charge in [-0.2, -0.15) is 0 Å². The third-order valence-corrected chi connectivity index (χ3v) is 8.21. The van der Waals surface area contributed by atoms with Crippen molar-refractivity contribution in [3.8, 4) is 0 Å². The number of ether oxygens (including phenoxy) is 1. The van der Waals surface area contributed by atoms with Crippen LogP contribution in [0.1, 0.15) is 90.4 Å². The number of methoxy groups -OCH3 is 1. The third-order valence-electron chi connectivity index (χ3n) is 8.21. The van der Waals surface area contributed by atoms with E-state index in [1.165, 1.54) is 31.2 Å². The van der Waals surface area contributed by atoms with Crippen molar-refractivity contribution in [2.75, 3.05) is 19.1 Å². The minimum Gasteiger partial charge on any atom is -0.465 e. The lowest BCUT2D eigenvalue weighted by Crippen LogP contribution is -2.34. The van der Waals surface area contributed by atoms with E-state index >= 15 is 4.39 Å². The van der Waals surface area contributed by atoms with Crippen LogP contribution in [0.3, 0.4) is 0 Å². The Kier molecular flexibility index (Phi) is 6.05. The summed E-state index contributed by atoms with van der Waals surface area (Å²) in [5.41, 5.74) is 6.98. The zero-order valence-corrected chi connectivity index (χ0v) is 23.0. The molecule has 0 radical (unpaired) electrons. The molecule has 5 rings (SSSR count). The van der Waals surface area contributed by atoms with Crippen molar-refractivity contribution in [1.82, 2.24) is 0 Å². The number of hydrogen-bond acceptors (Lipinski definition) is 5. The molecule has 0 unspecified atom stereocenters. The van der Waals surface area contributed by atoms with Gasteiger partial charge in [0.05, 0.1) is 35.4 Å². The molecule has 0 aromatic heterocycles. The highest BCUT2D eigenvalue weighted by molar-refractivity contribution is 6.19. The van der Waals surface area contributed by atoms with Gasteiger partial charge in [0.25, 0.3) is 0 Å². The average Bonchev–Trinajstić information content (AvgIpc) is 2.99. The van der Waals surface area contributed by atoms with Gasteiger partial charge in [0, 0.05) is 23.7 Å². The van der Waals surface area contributed by atoms with E-state index in [4.69, 9.17) is 9.73 Å². The number of carbonyl (C=O) groups excluding carboxylic acids is 2. The molecular formula is C32H33FN2O3. The summed E-state index contributed by atoms with van der Waals surface area (Å²) < 4.78 is 20.5. The van der Waals surface area contributed by atoms with E-state index in [2.05, 4.69) is 44.7 Å². The van der Waals surface area contributed by atoms with Crippen molar-refractivity contribution in [3.63, 3.8) is 0 Å². The quantitative estimate of drug-likeness (QED) is 0.271.